The second-order valence-corrected chi connectivity index (χ2v) is 3.52. The standard InChI is InChI=1S/C11H11FN4O2/c1-2-16(8-5-3-7(12)4-6-8)11(17)9-10(13)15-18-14-9/h3-6H,2H2,1H3,(H2,13,15). The lowest BCUT2D eigenvalue weighted by molar-refractivity contribution is 0.0979. The Morgan fingerprint density at radius 2 is 2.06 bits per heavy atom. The van der Waals surface area contributed by atoms with Gasteiger partial charge in [0.1, 0.15) is 5.82 Å². The van der Waals surface area contributed by atoms with Gasteiger partial charge in [-0.3, -0.25) is 4.79 Å². The van der Waals surface area contributed by atoms with Crippen molar-refractivity contribution >= 4 is 17.4 Å². The fraction of sp³-hybridized carbons (Fsp3) is 0.182. The zero-order valence-electron chi connectivity index (χ0n) is 9.63. The van der Waals surface area contributed by atoms with Crippen molar-refractivity contribution in [3.05, 3.63) is 35.8 Å². The predicted molar refractivity (Wildman–Crippen MR) is 62.5 cm³/mol. The number of rotatable bonds is 3. The van der Waals surface area contributed by atoms with E-state index >= 15 is 0 Å². The summed E-state index contributed by atoms with van der Waals surface area (Å²) in [5.41, 5.74) is 5.95. The minimum absolute atomic E-state index is 0.0545. The molecular formula is C11H11FN4O2. The molecule has 94 valence electrons. The van der Waals surface area contributed by atoms with Gasteiger partial charge in [0.2, 0.25) is 11.5 Å². The Bertz CT molecular complexity index is 552. The molecule has 2 aromatic rings. The van der Waals surface area contributed by atoms with Crippen LogP contribution in [0.5, 0.6) is 0 Å². The summed E-state index contributed by atoms with van der Waals surface area (Å²) >= 11 is 0. The summed E-state index contributed by atoms with van der Waals surface area (Å²) in [4.78, 5) is 13.5. The van der Waals surface area contributed by atoms with E-state index in [0.717, 1.165) is 0 Å². The first-order valence-corrected chi connectivity index (χ1v) is 5.29. The molecule has 0 saturated heterocycles. The summed E-state index contributed by atoms with van der Waals surface area (Å²) in [6, 6.07) is 5.55. The van der Waals surface area contributed by atoms with Gasteiger partial charge in [0.25, 0.3) is 5.91 Å². The Balaban J connectivity index is 2.32. The highest BCUT2D eigenvalue weighted by molar-refractivity contribution is 6.07. The summed E-state index contributed by atoms with van der Waals surface area (Å²) in [7, 11) is 0. The van der Waals surface area contributed by atoms with Crippen molar-refractivity contribution in [2.45, 2.75) is 6.92 Å². The van der Waals surface area contributed by atoms with Crippen LogP contribution in [0.15, 0.2) is 28.9 Å². The molecule has 0 aliphatic heterocycles. The predicted octanol–water partition coefficient (Wildman–Crippen LogP) is 1.46. The quantitative estimate of drug-likeness (QED) is 0.891. The normalized spacial score (nSPS) is 10.3. The largest absolute Gasteiger partial charge is 0.379 e. The molecule has 7 heteroatoms. The first kappa shape index (κ1) is 12.0. The van der Waals surface area contributed by atoms with E-state index in [0.29, 0.717) is 12.2 Å². The van der Waals surface area contributed by atoms with Gasteiger partial charge in [-0.1, -0.05) is 0 Å². The number of nitrogens with two attached hydrogens (primary N) is 1. The molecule has 6 nitrogen and oxygen atoms in total. The molecule has 0 unspecified atom stereocenters. The Kier molecular flexibility index (Phi) is 3.22. The van der Waals surface area contributed by atoms with Crippen LogP contribution in [0.1, 0.15) is 17.4 Å². The summed E-state index contributed by atoms with van der Waals surface area (Å²) in [6.07, 6.45) is 0. The molecular weight excluding hydrogens is 239 g/mol. The second kappa shape index (κ2) is 4.82. The topological polar surface area (TPSA) is 85.2 Å². The monoisotopic (exact) mass is 250 g/mol. The molecule has 2 rings (SSSR count). The number of hydrogen-bond donors (Lipinski definition) is 1. The number of carbonyl (C=O) groups excluding carboxylic acids is 1. The molecule has 1 amide bonds. The van der Waals surface area contributed by atoms with Gasteiger partial charge in [-0.25, -0.2) is 9.02 Å². The molecule has 0 spiro atoms. The van der Waals surface area contributed by atoms with Gasteiger partial charge >= 0.3 is 0 Å². The molecule has 0 aliphatic rings. The van der Waals surface area contributed by atoms with Crippen LogP contribution in [0, 0.1) is 5.82 Å². The van der Waals surface area contributed by atoms with E-state index in [-0.39, 0.29) is 17.3 Å². The Labute approximate surface area is 102 Å². The van der Waals surface area contributed by atoms with E-state index < -0.39 is 5.91 Å². The number of hydrogen-bond acceptors (Lipinski definition) is 5. The molecule has 0 aliphatic carbocycles. The van der Waals surface area contributed by atoms with E-state index in [1.807, 2.05) is 0 Å². The molecule has 0 atom stereocenters. The minimum atomic E-state index is -0.442. The summed E-state index contributed by atoms with van der Waals surface area (Å²) in [6.45, 7) is 2.17. The SMILES string of the molecule is CCN(C(=O)c1nonc1N)c1ccc(F)cc1. The number of benzene rings is 1. The van der Waals surface area contributed by atoms with Crippen LogP contribution in [0.4, 0.5) is 15.9 Å². The van der Waals surface area contributed by atoms with Crippen molar-refractivity contribution in [1.82, 2.24) is 10.3 Å². The lowest BCUT2D eigenvalue weighted by Crippen LogP contribution is -2.31. The third kappa shape index (κ3) is 2.15. The van der Waals surface area contributed by atoms with Crippen molar-refractivity contribution in [1.29, 1.82) is 0 Å². The average molecular weight is 250 g/mol. The van der Waals surface area contributed by atoms with Crippen molar-refractivity contribution in [3.8, 4) is 0 Å². The summed E-state index contributed by atoms with van der Waals surface area (Å²) in [5, 5.41) is 6.80. The zero-order chi connectivity index (χ0) is 13.1. The molecule has 0 radical (unpaired) electrons. The van der Waals surface area contributed by atoms with Crippen LogP contribution in [-0.4, -0.2) is 22.8 Å². The number of amides is 1. The van der Waals surface area contributed by atoms with Gasteiger partial charge in [0, 0.05) is 12.2 Å². The van der Waals surface area contributed by atoms with E-state index in [4.69, 9.17) is 5.73 Å². The van der Waals surface area contributed by atoms with Crippen molar-refractivity contribution in [2.24, 2.45) is 0 Å². The number of nitrogens with zero attached hydrogens (tertiary/aromatic N) is 3. The van der Waals surface area contributed by atoms with E-state index in [1.54, 1.807) is 6.92 Å². The summed E-state index contributed by atoms with van der Waals surface area (Å²) in [5.74, 6) is -0.881. The van der Waals surface area contributed by atoms with Crippen LogP contribution in [0.25, 0.3) is 0 Å². The van der Waals surface area contributed by atoms with Gasteiger partial charge in [0.15, 0.2) is 0 Å². The lowest BCUT2D eigenvalue weighted by atomic mass is 10.2. The lowest BCUT2D eigenvalue weighted by Gasteiger charge is -2.19. The molecule has 1 heterocycles. The third-order valence-electron chi connectivity index (χ3n) is 2.42. The Hall–Kier alpha value is -2.44. The Morgan fingerprint density at radius 3 is 2.56 bits per heavy atom. The van der Waals surface area contributed by atoms with Gasteiger partial charge in [0.05, 0.1) is 0 Å². The highest BCUT2D eigenvalue weighted by atomic mass is 19.1. The van der Waals surface area contributed by atoms with Crippen LogP contribution >= 0.6 is 0 Å². The number of aromatic nitrogens is 2. The van der Waals surface area contributed by atoms with Crippen molar-refractivity contribution in [3.63, 3.8) is 0 Å². The molecule has 2 N–H and O–H groups in total. The van der Waals surface area contributed by atoms with Gasteiger partial charge < -0.3 is 10.6 Å². The van der Waals surface area contributed by atoms with E-state index in [1.165, 1.54) is 29.2 Å². The number of nitrogen functional groups attached to an aromatic ring is 1. The smallest absolute Gasteiger partial charge is 0.284 e. The van der Waals surface area contributed by atoms with E-state index in [9.17, 15) is 9.18 Å². The maximum atomic E-state index is 12.8. The minimum Gasteiger partial charge on any atom is -0.379 e. The molecule has 1 aromatic heterocycles. The van der Waals surface area contributed by atoms with E-state index in [2.05, 4.69) is 14.9 Å². The first-order valence-electron chi connectivity index (χ1n) is 5.29. The number of carbonyl (C=O) groups is 1. The van der Waals surface area contributed by atoms with Gasteiger partial charge in [-0.2, -0.15) is 0 Å². The first-order chi connectivity index (χ1) is 8.63. The number of halogens is 1. The summed E-state index contributed by atoms with van der Waals surface area (Å²) < 4.78 is 17.2. The molecule has 0 fully saturated rings. The fourth-order valence-electron chi connectivity index (χ4n) is 1.54. The van der Waals surface area contributed by atoms with Crippen LogP contribution < -0.4 is 10.6 Å². The van der Waals surface area contributed by atoms with Gasteiger partial charge in [-0.05, 0) is 41.5 Å². The fourth-order valence-corrected chi connectivity index (χ4v) is 1.54. The van der Waals surface area contributed by atoms with Crippen molar-refractivity contribution < 1.29 is 13.8 Å². The molecule has 0 saturated carbocycles. The van der Waals surface area contributed by atoms with Crippen LogP contribution in [0.2, 0.25) is 0 Å². The molecule has 18 heavy (non-hydrogen) atoms. The Morgan fingerprint density at radius 1 is 1.39 bits per heavy atom. The van der Waals surface area contributed by atoms with Crippen molar-refractivity contribution in [2.75, 3.05) is 17.2 Å². The molecule has 0 bridgehead atoms. The maximum Gasteiger partial charge on any atom is 0.284 e. The maximum absolute atomic E-state index is 12.8. The highest BCUT2D eigenvalue weighted by Crippen LogP contribution is 2.18. The van der Waals surface area contributed by atoms with Crippen LogP contribution in [0.3, 0.4) is 0 Å². The van der Waals surface area contributed by atoms with Gasteiger partial charge in [-0.15, -0.1) is 0 Å². The van der Waals surface area contributed by atoms with Crippen LogP contribution in [-0.2, 0) is 0 Å². The third-order valence-corrected chi connectivity index (χ3v) is 2.42. The average Bonchev–Trinajstić information content (AvgIpc) is 2.78. The zero-order valence-corrected chi connectivity index (χ0v) is 9.63. The second-order valence-electron chi connectivity index (χ2n) is 3.52. The molecule has 1 aromatic carbocycles. The number of anilines is 2. The highest BCUT2D eigenvalue weighted by Gasteiger charge is 2.22.